The number of nitrogens with one attached hydrogen (secondary N) is 1. The van der Waals surface area contributed by atoms with E-state index in [-0.39, 0.29) is 6.61 Å². The van der Waals surface area contributed by atoms with Crippen LogP contribution >= 0.6 is 0 Å². The number of benzene rings is 1. The van der Waals surface area contributed by atoms with Crippen LogP contribution in [0.3, 0.4) is 0 Å². The lowest BCUT2D eigenvalue weighted by Gasteiger charge is -2.29. The van der Waals surface area contributed by atoms with Crippen LogP contribution in [0.4, 0.5) is 5.69 Å². The first-order valence-electron chi connectivity index (χ1n) is 5.72. The van der Waals surface area contributed by atoms with Crippen LogP contribution in [-0.2, 0) is 9.53 Å². The summed E-state index contributed by atoms with van der Waals surface area (Å²) in [4.78, 5) is 11.4. The molecular weight excluding hydrogens is 234 g/mol. The SMILES string of the molecule is CCC(COC)(Nc1cccc(OC)c1)C(=O)O. The minimum Gasteiger partial charge on any atom is -0.497 e. The fourth-order valence-corrected chi connectivity index (χ4v) is 1.72. The van der Waals surface area contributed by atoms with Gasteiger partial charge in [0.15, 0.2) is 5.54 Å². The third-order valence-electron chi connectivity index (χ3n) is 2.86. The molecule has 0 saturated heterocycles. The van der Waals surface area contributed by atoms with Gasteiger partial charge in [-0.2, -0.15) is 0 Å². The molecule has 1 aromatic rings. The highest BCUT2D eigenvalue weighted by Crippen LogP contribution is 2.23. The predicted octanol–water partition coefficient (Wildman–Crippen LogP) is 1.99. The summed E-state index contributed by atoms with van der Waals surface area (Å²) in [6.45, 7) is 1.90. The second-order valence-corrected chi connectivity index (χ2v) is 4.03. The summed E-state index contributed by atoms with van der Waals surface area (Å²) in [6, 6.07) is 7.15. The normalized spacial score (nSPS) is 13.7. The second-order valence-electron chi connectivity index (χ2n) is 4.03. The zero-order chi connectivity index (χ0) is 13.6. The number of carbonyl (C=O) groups is 1. The number of methoxy groups -OCH3 is 2. The molecule has 0 fully saturated rings. The van der Waals surface area contributed by atoms with E-state index in [4.69, 9.17) is 9.47 Å². The molecule has 0 aliphatic carbocycles. The van der Waals surface area contributed by atoms with Gasteiger partial charge in [0, 0.05) is 18.9 Å². The van der Waals surface area contributed by atoms with Gasteiger partial charge in [-0.1, -0.05) is 13.0 Å². The molecule has 0 bridgehead atoms. The van der Waals surface area contributed by atoms with Crippen LogP contribution < -0.4 is 10.1 Å². The Kier molecular flexibility index (Phi) is 4.97. The summed E-state index contributed by atoms with van der Waals surface area (Å²) < 4.78 is 10.1. The summed E-state index contributed by atoms with van der Waals surface area (Å²) in [7, 11) is 3.05. The Bertz CT molecular complexity index is 408. The van der Waals surface area contributed by atoms with Crippen LogP contribution in [0.25, 0.3) is 0 Å². The number of rotatable bonds is 7. The first-order chi connectivity index (χ1) is 8.57. The largest absolute Gasteiger partial charge is 0.497 e. The minimum atomic E-state index is -1.12. The van der Waals surface area contributed by atoms with Gasteiger partial charge in [0.1, 0.15) is 5.75 Å². The molecule has 0 aliphatic heterocycles. The van der Waals surface area contributed by atoms with Gasteiger partial charge in [0.05, 0.1) is 13.7 Å². The zero-order valence-corrected chi connectivity index (χ0v) is 10.9. The number of carboxylic acids is 1. The number of aliphatic carboxylic acids is 1. The molecule has 0 saturated carbocycles. The second kappa shape index (κ2) is 6.26. The van der Waals surface area contributed by atoms with Crippen molar-refractivity contribution in [3.8, 4) is 5.75 Å². The van der Waals surface area contributed by atoms with Gasteiger partial charge in [0.25, 0.3) is 0 Å². The minimum absolute atomic E-state index is 0.0933. The summed E-state index contributed by atoms with van der Waals surface area (Å²) in [5.74, 6) is -0.262. The quantitative estimate of drug-likeness (QED) is 0.777. The van der Waals surface area contributed by atoms with Gasteiger partial charge in [-0.25, -0.2) is 4.79 Å². The van der Waals surface area contributed by atoms with Crippen molar-refractivity contribution in [2.24, 2.45) is 0 Å². The van der Waals surface area contributed by atoms with Crippen LogP contribution in [0.1, 0.15) is 13.3 Å². The molecule has 0 amide bonds. The highest BCUT2D eigenvalue weighted by atomic mass is 16.5. The maximum absolute atomic E-state index is 11.4. The molecule has 100 valence electrons. The Hall–Kier alpha value is -1.75. The average Bonchev–Trinajstić information content (AvgIpc) is 2.38. The molecule has 0 heterocycles. The first kappa shape index (κ1) is 14.3. The van der Waals surface area contributed by atoms with E-state index in [9.17, 15) is 9.90 Å². The van der Waals surface area contributed by atoms with E-state index in [1.54, 1.807) is 38.3 Å². The zero-order valence-electron chi connectivity index (χ0n) is 10.9. The number of hydrogen-bond acceptors (Lipinski definition) is 4. The van der Waals surface area contributed by atoms with E-state index in [1.165, 1.54) is 7.11 Å². The Morgan fingerprint density at radius 2 is 2.17 bits per heavy atom. The molecule has 1 rings (SSSR count). The standard InChI is InChI=1S/C13H19NO4/c1-4-13(9-17-2,12(15)16)14-10-6-5-7-11(8-10)18-3/h5-8,14H,4,9H2,1-3H3,(H,15,16). The van der Waals surface area contributed by atoms with Crippen LogP contribution in [0, 0.1) is 0 Å². The predicted molar refractivity (Wildman–Crippen MR) is 69.2 cm³/mol. The topological polar surface area (TPSA) is 67.8 Å². The van der Waals surface area contributed by atoms with Gasteiger partial charge in [-0.3, -0.25) is 0 Å². The summed E-state index contributed by atoms with van der Waals surface area (Å²) >= 11 is 0. The Morgan fingerprint density at radius 3 is 2.67 bits per heavy atom. The molecule has 1 unspecified atom stereocenters. The monoisotopic (exact) mass is 253 g/mol. The first-order valence-corrected chi connectivity index (χ1v) is 5.72. The maximum Gasteiger partial charge on any atom is 0.331 e. The van der Waals surface area contributed by atoms with E-state index < -0.39 is 11.5 Å². The lowest BCUT2D eigenvalue weighted by Crippen LogP contribution is -2.49. The van der Waals surface area contributed by atoms with Crippen LogP contribution in [0.5, 0.6) is 5.75 Å². The van der Waals surface area contributed by atoms with Gasteiger partial charge >= 0.3 is 5.97 Å². The number of carboxylic acid groups (broad SMARTS) is 1. The Labute approximate surface area is 107 Å². The van der Waals surface area contributed by atoms with Crippen molar-refractivity contribution in [3.05, 3.63) is 24.3 Å². The molecule has 0 aliphatic rings. The van der Waals surface area contributed by atoms with Crippen molar-refractivity contribution in [1.29, 1.82) is 0 Å². The fraction of sp³-hybridized carbons (Fsp3) is 0.462. The molecule has 2 N–H and O–H groups in total. The average molecular weight is 253 g/mol. The van der Waals surface area contributed by atoms with E-state index >= 15 is 0 Å². The fourth-order valence-electron chi connectivity index (χ4n) is 1.72. The van der Waals surface area contributed by atoms with E-state index in [0.717, 1.165) is 0 Å². The summed E-state index contributed by atoms with van der Waals surface area (Å²) in [6.07, 6.45) is 0.410. The lowest BCUT2D eigenvalue weighted by atomic mass is 9.97. The molecule has 5 heteroatoms. The Balaban J connectivity index is 2.98. The molecule has 5 nitrogen and oxygen atoms in total. The Morgan fingerprint density at radius 1 is 1.44 bits per heavy atom. The van der Waals surface area contributed by atoms with Crippen molar-refractivity contribution in [2.75, 3.05) is 26.1 Å². The molecule has 0 radical (unpaired) electrons. The number of hydrogen-bond donors (Lipinski definition) is 2. The van der Waals surface area contributed by atoms with Gasteiger partial charge in [-0.05, 0) is 18.6 Å². The highest BCUT2D eigenvalue weighted by molar-refractivity contribution is 5.83. The lowest BCUT2D eigenvalue weighted by molar-refractivity contribution is -0.144. The molecular formula is C13H19NO4. The number of ether oxygens (including phenoxy) is 2. The van der Waals surface area contributed by atoms with E-state index in [2.05, 4.69) is 5.32 Å². The summed E-state index contributed by atoms with van der Waals surface area (Å²) in [5.41, 5.74) is -0.433. The smallest absolute Gasteiger partial charge is 0.331 e. The third kappa shape index (κ3) is 3.13. The molecule has 1 atom stereocenters. The van der Waals surface area contributed by atoms with Crippen LogP contribution in [-0.4, -0.2) is 37.4 Å². The van der Waals surface area contributed by atoms with Crippen molar-refractivity contribution in [1.82, 2.24) is 0 Å². The van der Waals surface area contributed by atoms with Gasteiger partial charge < -0.3 is 19.9 Å². The van der Waals surface area contributed by atoms with Crippen molar-refractivity contribution >= 4 is 11.7 Å². The van der Waals surface area contributed by atoms with Crippen molar-refractivity contribution < 1.29 is 19.4 Å². The van der Waals surface area contributed by atoms with E-state index in [0.29, 0.717) is 17.9 Å². The molecule has 0 spiro atoms. The van der Waals surface area contributed by atoms with Crippen LogP contribution in [0.15, 0.2) is 24.3 Å². The van der Waals surface area contributed by atoms with Gasteiger partial charge in [0.2, 0.25) is 0 Å². The van der Waals surface area contributed by atoms with Gasteiger partial charge in [-0.15, -0.1) is 0 Å². The molecule has 1 aromatic carbocycles. The molecule has 0 aromatic heterocycles. The van der Waals surface area contributed by atoms with E-state index in [1.807, 2.05) is 0 Å². The highest BCUT2D eigenvalue weighted by Gasteiger charge is 2.36. The number of anilines is 1. The van der Waals surface area contributed by atoms with Crippen LogP contribution in [0.2, 0.25) is 0 Å². The van der Waals surface area contributed by atoms with Crippen molar-refractivity contribution in [2.45, 2.75) is 18.9 Å². The van der Waals surface area contributed by atoms with Crippen molar-refractivity contribution in [3.63, 3.8) is 0 Å². The third-order valence-corrected chi connectivity index (χ3v) is 2.86. The maximum atomic E-state index is 11.4. The molecule has 18 heavy (non-hydrogen) atoms. The summed E-state index contributed by atoms with van der Waals surface area (Å²) in [5, 5.41) is 12.4.